The van der Waals surface area contributed by atoms with E-state index in [1.54, 1.807) is 22.1 Å². The van der Waals surface area contributed by atoms with Crippen LogP contribution in [0.1, 0.15) is 56.2 Å². The van der Waals surface area contributed by atoms with E-state index < -0.39 is 28.9 Å². The van der Waals surface area contributed by atoms with Gasteiger partial charge in [-0.3, -0.25) is 5.01 Å². The van der Waals surface area contributed by atoms with Crippen LogP contribution in [0, 0.1) is 0 Å². The van der Waals surface area contributed by atoms with E-state index >= 15 is 0 Å². The predicted molar refractivity (Wildman–Crippen MR) is 115 cm³/mol. The Morgan fingerprint density at radius 3 is 2.12 bits per heavy atom. The van der Waals surface area contributed by atoms with Gasteiger partial charge >= 0.3 is 0 Å². The minimum Gasteiger partial charge on any atom is -0.504 e. The zero-order valence-corrected chi connectivity index (χ0v) is 17.7. The summed E-state index contributed by atoms with van der Waals surface area (Å²) < 4.78 is 13.1. The first-order valence-corrected chi connectivity index (χ1v) is 11.1. The molecule has 10 nitrogen and oxygen atoms in total. The van der Waals surface area contributed by atoms with Crippen molar-refractivity contribution in [3.63, 3.8) is 0 Å². The fourth-order valence-electron chi connectivity index (χ4n) is 4.68. The molecule has 1 aromatic heterocycles. The summed E-state index contributed by atoms with van der Waals surface area (Å²) in [6, 6.07) is 0. The Balaban J connectivity index is 1.43. The first kappa shape index (κ1) is 20.9. The van der Waals surface area contributed by atoms with Gasteiger partial charge in [-0.15, -0.1) is 0 Å². The number of hydrogen-bond acceptors (Lipinski definition) is 9. The van der Waals surface area contributed by atoms with Crippen molar-refractivity contribution in [2.45, 2.75) is 56.9 Å². The molecule has 0 saturated carbocycles. The van der Waals surface area contributed by atoms with E-state index in [0.29, 0.717) is 25.3 Å². The number of phenolic OH excluding ortho intramolecular Hbond substituents is 4. The van der Waals surface area contributed by atoms with Gasteiger partial charge in [0, 0.05) is 37.1 Å². The first-order chi connectivity index (χ1) is 15.5. The molecule has 4 N–H and O–H groups in total. The molecule has 32 heavy (non-hydrogen) atoms. The van der Waals surface area contributed by atoms with Crippen molar-refractivity contribution >= 4 is 6.21 Å². The Morgan fingerprint density at radius 1 is 0.844 bits per heavy atom. The second-order valence-corrected chi connectivity index (χ2v) is 8.53. The molecule has 3 atom stereocenters. The van der Waals surface area contributed by atoms with Crippen molar-refractivity contribution in [1.29, 1.82) is 0 Å². The van der Waals surface area contributed by atoms with Gasteiger partial charge in [0.2, 0.25) is 0 Å². The zero-order chi connectivity index (χ0) is 22.2. The van der Waals surface area contributed by atoms with E-state index in [2.05, 4.69) is 10.2 Å². The molecule has 0 aliphatic carbocycles. The highest BCUT2D eigenvalue weighted by Gasteiger charge is 2.34. The molecule has 3 aliphatic rings. The molecule has 2 saturated heterocycles. The summed E-state index contributed by atoms with van der Waals surface area (Å²) in [6.45, 7) is 1.69. The summed E-state index contributed by atoms with van der Waals surface area (Å²) in [4.78, 5) is 0. The van der Waals surface area contributed by atoms with Crippen LogP contribution in [-0.2, 0) is 9.47 Å². The first-order valence-electron chi connectivity index (χ1n) is 11.1. The van der Waals surface area contributed by atoms with Crippen molar-refractivity contribution in [1.82, 2.24) is 14.8 Å². The lowest BCUT2D eigenvalue weighted by Crippen LogP contribution is -2.35. The van der Waals surface area contributed by atoms with Gasteiger partial charge in [0.05, 0.1) is 23.9 Å². The molecule has 172 valence electrons. The van der Waals surface area contributed by atoms with Gasteiger partial charge in [-0.2, -0.15) is 10.2 Å². The van der Waals surface area contributed by atoms with Crippen molar-refractivity contribution < 1.29 is 29.9 Å². The maximum absolute atomic E-state index is 10.8. The average molecular weight is 444 g/mol. The maximum atomic E-state index is 10.8. The second kappa shape index (κ2) is 8.51. The third-order valence-electron chi connectivity index (χ3n) is 6.41. The normalized spacial score (nSPS) is 26.0. The Labute approximate surface area is 185 Å². The number of benzene rings is 1. The van der Waals surface area contributed by atoms with Gasteiger partial charge in [0.1, 0.15) is 12.5 Å². The maximum Gasteiger partial charge on any atom is 0.169 e. The van der Waals surface area contributed by atoms with Crippen LogP contribution in [0.2, 0.25) is 0 Å². The molecule has 2 fully saturated rings. The quantitative estimate of drug-likeness (QED) is 0.418. The largest absolute Gasteiger partial charge is 0.504 e. The van der Waals surface area contributed by atoms with Crippen LogP contribution in [0.25, 0.3) is 11.1 Å². The lowest BCUT2D eigenvalue weighted by atomic mass is 9.93. The minimum atomic E-state index is -0.514. The highest BCUT2D eigenvalue weighted by molar-refractivity contribution is 5.86. The topological polar surface area (TPSA) is 133 Å². The molecule has 0 spiro atoms. The molecular weight excluding hydrogens is 416 g/mol. The Hall–Kier alpha value is -2.98. The van der Waals surface area contributed by atoms with E-state index in [4.69, 9.17) is 9.47 Å². The number of ether oxygens (including phenoxy) is 2. The molecule has 2 aromatic rings. The Kier molecular flexibility index (Phi) is 5.56. The number of rotatable bonds is 4. The van der Waals surface area contributed by atoms with Gasteiger partial charge in [0.25, 0.3) is 0 Å². The average Bonchev–Trinajstić information content (AvgIpc) is 3.50. The molecule has 1 aromatic carbocycles. The molecule has 4 heterocycles. The fourth-order valence-corrected chi connectivity index (χ4v) is 4.68. The van der Waals surface area contributed by atoms with Gasteiger partial charge < -0.3 is 29.9 Å². The summed E-state index contributed by atoms with van der Waals surface area (Å²) in [5.41, 5.74) is 0.325. The number of aromatic hydroxyl groups is 4. The highest BCUT2D eigenvalue weighted by Crippen LogP contribution is 2.53. The summed E-state index contributed by atoms with van der Waals surface area (Å²) in [6.07, 6.45) is 10.1. The van der Waals surface area contributed by atoms with Crippen LogP contribution in [-0.4, -0.2) is 67.4 Å². The van der Waals surface area contributed by atoms with Crippen molar-refractivity contribution in [3.05, 3.63) is 18.0 Å². The third kappa shape index (κ3) is 3.63. The lowest BCUT2D eigenvalue weighted by molar-refractivity contribution is -0.0817. The molecule has 3 aliphatic heterocycles. The van der Waals surface area contributed by atoms with Crippen LogP contribution < -0.4 is 0 Å². The SMILES string of the molecule is Oc1c(O)c(C2C=NN(C3CCCCO3)C2)c(O)c(O)c1-c1cnn(C2CCCCO2)c1. The fraction of sp³-hybridized carbons (Fsp3) is 0.545. The minimum absolute atomic E-state index is 0.0359. The number of nitrogens with zero attached hydrogens (tertiary/aromatic N) is 4. The van der Waals surface area contributed by atoms with E-state index in [9.17, 15) is 20.4 Å². The van der Waals surface area contributed by atoms with E-state index in [1.807, 2.05) is 0 Å². The van der Waals surface area contributed by atoms with Crippen LogP contribution in [0.5, 0.6) is 23.0 Å². The summed E-state index contributed by atoms with van der Waals surface area (Å²) in [7, 11) is 0. The molecule has 0 radical (unpaired) electrons. The van der Waals surface area contributed by atoms with Crippen LogP contribution in [0.15, 0.2) is 17.5 Å². The molecule has 5 rings (SSSR count). The Bertz CT molecular complexity index is 981. The van der Waals surface area contributed by atoms with E-state index in [-0.39, 0.29) is 23.6 Å². The summed E-state index contributed by atoms with van der Waals surface area (Å²) in [5.74, 6) is -2.51. The van der Waals surface area contributed by atoms with Crippen molar-refractivity contribution in [2.75, 3.05) is 19.8 Å². The number of hydrazone groups is 1. The zero-order valence-electron chi connectivity index (χ0n) is 17.7. The van der Waals surface area contributed by atoms with Crippen LogP contribution in [0.4, 0.5) is 0 Å². The number of phenols is 4. The van der Waals surface area contributed by atoms with Gasteiger partial charge in [-0.05, 0) is 38.5 Å². The van der Waals surface area contributed by atoms with Gasteiger partial charge in [-0.25, -0.2) is 4.68 Å². The van der Waals surface area contributed by atoms with E-state index in [1.165, 1.54) is 6.20 Å². The van der Waals surface area contributed by atoms with Gasteiger partial charge in [0.15, 0.2) is 23.0 Å². The number of hydrogen-bond donors (Lipinski definition) is 4. The third-order valence-corrected chi connectivity index (χ3v) is 6.41. The van der Waals surface area contributed by atoms with Crippen LogP contribution in [0.3, 0.4) is 0 Å². The molecule has 0 bridgehead atoms. The van der Waals surface area contributed by atoms with Gasteiger partial charge in [-0.1, -0.05) is 0 Å². The molecule has 3 unspecified atom stereocenters. The lowest BCUT2D eigenvalue weighted by Gasteiger charge is -2.30. The molecule has 0 amide bonds. The highest BCUT2D eigenvalue weighted by atomic mass is 16.5. The second-order valence-electron chi connectivity index (χ2n) is 8.53. The van der Waals surface area contributed by atoms with Crippen LogP contribution >= 0.6 is 0 Å². The summed E-state index contributed by atoms with van der Waals surface area (Å²) >= 11 is 0. The number of aromatic nitrogens is 2. The predicted octanol–water partition coefficient (Wildman–Crippen LogP) is 2.98. The van der Waals surface area contributed by atoms with Crippen molar-refractivity contribution in [3.8, 4) is 34.1 Å². The van der Waals surface area contributed by atoms with Crippen molar-refractivity contribution in [2.24, 2.45) is 5.10 Å². The monoisotopic (exact) mass is 444 g/mol. The molecular formula is C22H28N4O6. The summed E-state index contributed by atoms with van der Waals surface area (Å²) in [5, 5.41) is 53.5. The smallest absolute Gasteiger partial charge is 0.169 e. The van der Waals surface area contributed by atoms with E-state index in [0.717, 1.165) is 38.5 Å². The Morgan fingerprint density at radius 2 is 1.50 bits per heavy atom. The standard InChI is InChI=1S/C22H28N4O6/c27-19-17(13-9-23-25(11-13)15-5-1-3-7-31-15)20(28)22(30)18(21(19)29)14-10-24-26(12-14)16-6-2-4-8-32-16/h9-11,14-16,27-30H,1-8,12H2. The molecule has 10 heteroatoms.